The van der Waals surface area contributed by atoms with Gasteiger partial charge in [-0.25, -0.2) is 13.2 Å². The van der Waals surface area contributed by atoms with Gasteiger partial charge >= 0.3 is 5.69 Å². The van der Waals surface area contributed by atoms with E-state index in [4.69, 9.17) is 0 Å². The van der Waals surface area contributed by atoms with E-state index in [-0.39, 0.29) is 12.5 Å². The smallest absolute Gasteiger partial charge is 0.330 e. The summed E-state index contributed by atoms with van der Waals surface area (Å²) in [7, 11) is -0.394. The van der Waals surface area contributed by atoms with Gasteiger partial charge in [-0.1, -0.05) is 0 Å². The Bertz CT molecular complexity index is 850. The Labute approximate surface area is 139 Å². The number of amides is 1. The summed E-state index contributed by atoms with van der Waals surface area (Å²) in [5.74, 6) is -0.329. The molecule has 10 nitrogen and oxygen atoms in total. The van der Waals surface area contributed by atoms with Crippen molar-refractivity contribution in [2.24, 2.45) is 14.1 Å². The van der Waals surface area contributed by atoms with E-state index in [1.54, 1.807) is 4.90 Å². The molecule has 1 aliphatic rings. The first-order chi connectivity index (χ1) is 11.2. The predicted molar refractivity (Wildman–Crippen MR) is 86.2 cm³/mol. The number of carbonyl (C=O) groups excluding carboxylic acids is 1. The molecule has 11 heteroatoms. The van der Waals surface area contributed by atoms with E-state index in [2.05, 4.69) is 5.32 Å². The summed E-state index contributed by atoms with van der Waals surface area (Å²) in [5, 5.41) is 3.10. The lowest BCUT2D eigenvalue weighted by molar-refractivity contribution is -0.131. The molecule has 24 heavy (non-hydrogen) atoms. The van der Waals surface area contributed by atoms with Gasteiger partial charge in [-0.15, -0.1) is 0 Å². The fourth-order valence-electron chi connectivity index (χ4n) is 2.41. The van der Waals surface area contributed by atoms with Crippen molar-refractivity contribution in [3.8, 4) is 0 Å². The molecule has 1 aromatic heterocycles. The number of carbonyl (C=O) groups is 1. The Balaban J connectivity index is 2.28. The fourth-order valence-corrected chi connectivity index (χ4v) is 3.67. The van der Waals surface area contributed by atoms with Gasteiger partial charge in [-0.2, -0.15) is 4.31 Å². The van der Waals surface area contributed by atoms with E-state index in [9.17, 15) is 22.8 Å². The SMILES string of the molecule is CN(CC(=O)N1CCNCC1)S(=O)(=O)c1cn(C)c(=O)n(C)c1=O. The van der Waals surface area contributed by atoms with Crippen molar-refractivity contribution in [1.29, 1.82) is 0 Å². The second kappa shape index (κ2) is 6.87. The summed E-state index contributed by atoms with van der Waals surface area (Å²) >= 11 is 0. The van der Waals surface area contributed by atoms with Crippen molar-refractivity contribution in [2.75, 3.05) is 39.8 Å². The number of aromatic nitrogens is 2. The molecule has 1 N–H and O–H groups in total. The quantitative estimate of drug-likeness (QED) is 0.618. The second-order valence-corrected chi connectivity index (χ2v) is 7.66. The molecule has 0 aliphatic carbocycles. The van der Waals surface area contributed by atoms with Crippen LogP contribution in [0.4, 0.5) is 0 Å². The zero-order valence-electron chi connectivity index (χ0n) is 13.9. The largest absolute Gasteiger partial charge is 0.339 e. The van der Waals surface area contributed by atoms with Crippen LogP contribution in [0.3, 0.4) is 0 Å². The molecule has 134 valence electrons. The highest BCUT2D eigenvalue weighted by atomic mass is 32.2. The zero-order valence-corrected chi connectivity index (χ0v) is 14.7. The number of nitrogens with one attached hydrogen (secondary N) is 1. The first-order valence-corrected chi connectivity index (χ1v) is 8.81. The number of likely N-dealkylation sites (N-methyl/N-ethyl adjacent to an activating group) is 1. The Morgan fingerprint density at radius 1 is 1.25 bits per heavy atom. The van der Waals surface area contributed by atoms with Crippen LogP contribution in [0.1, 0.15) is 0 Å². The summed E-state index contributed by atoms with van der Waals surface area (Å²) in [4.78, 5) is 37.0. The number of hydrogen-bond donors (Lipinski definition) is 1. The lowest BCUT2D eigenvalue weighted by atomic mass is 10.3. The van der Waals surface area contributed by atoms with Crippen molar-refractivity contribution >= 4 is 15.9 Å². The van der Waals surface area contributed by atoms with Crippen LogP contribution < -0.4 is 16.6 Å². The van der Waals surface area contributed by atoms with Crippen LogP contribution in [0, 0.1) is 0 Å². The molecule has 0 bridgehead atoms. The van der Waals surface area contributed by atoms with Crippen LogP contribution in [-0.2, 0) is 28.9 Å². The lowest BCUT2D eigenvalue weighted by Gasteiger charge is -2.29. The van der Waals surface area contributed by atoms with Gasteiger partial charge in [0.15, 0.2) is 4.90 Å². The maximum Gasteiger partial charge on any atom is 0.330 e. The summed E-state index contributed by atoms with van der Waals surface area (Å²) in [6, 6.07) is 0. The van der Waals surface area contributed by atoms with Crippen molar-refractivity contribution in [3.05, 3.63) is 27.0 Å². The average molecular weight is 359 g/mol. The molecule has 0 saturated carbocycles. The van der Waals surface area contributed by atoms with Crippen LogP contribution in [-0.4, -0.2) is 72.4 Å². The number of nitrogens with zero attached hydrogens (tertiary/aromatic N) is 4. The molecule has 1 aliphatic heterocycles. The first-order valence-electron chi connectivity index (χ1n) is 7.37. The minimum Gasteiger partial charge on any atom is -0.339 e. The van der Waals surface area contributed by atoms with Crippen LogP contribution >= 0.6 is 0 Å². The molecule has 0 radical (unpaired) electrons. The summed E-state index contributed by atoms with van der Waals surface area (Å²) < 4.78 is 27.8. The van der Waals surface area contributed by atoms with Crippen LogP contribution in [0.25, 0.3) is 0 Å². The highest BCUT2D eigenvalue weighted by Gasteiger charge is 2.29. The van der Waals surface area contributed by atoms with Crippen LogP contribution in [0.15, 0.2) is 20.7 Å². The van der Waals surface area contributed by atoms with Gasteiger partial charge in [0.2, 0.25) is 15.9 Å². The van der Waals surface area contributed by atoms with Crippen LogP contribution in [0.5, 0.6) is 0 Å². The van der Waals surface area contributed by atoms with Gasteiger partial charge in [-0.3, -0.25) is 14.2 Å². The van der Waals surface area contributed by atoms with Crippen molar-refractivity contribution < 1.29 is 13.2 Å². The maximum absolute atomic E-state index is 12.6. The molecule has 0 atom stereocenters. The van der Waals surface area contributed by atoms with E-state index in [0.717, 1.165) is 19.6 Å². The molecule has 1 saturated heterocycles. The van der Waals surface area contributed by atoms with Crippen molar-refractivity contribution in [1.82, 2.24) is 23.7 Å². The topological polar surface area (TPSA) is 114 Å². The Morgan fingerprint density at radius 3 is 2.42 bits per heavy atom. The lowest BCUT2D eigenvalue weighted by Crippen LogP contribution is -2.50. The van der Waals surface area contributed by atoms with Gasteiger partial charge in [0.25, 0.3) is 5.56 Å². The second-order valence-electron chi connectivity index (χ2n) is 5.64. The average Bonchev–Trinajstić information content (AvgIpc) is 2.56. The molecular formula is C13H21N5O5S. The van der Waals surface area contributed by atoms with Gasteiger partial charge in [0.05, 0.1) is 6.54 Å². The standard InChI is InChI=1S/C13H21N5O5S/c1-15-8-10(12(20)17(3)13(15)21)24(22,23)16(2)9-11(19)18-6-4-14-5-7-18/h8,14H,4-7,9H2,1-3H3. The van der Waals surface area contributed by atoms with Gasteiger partial charge in [0.1, 0.15) is 0 Å². The highest BCUT2D eigenvalue weighted by molar-refractivity contribution is 7.89. The van der Waals surface area contributed by atoms with E-state index < -0.39 is 26.2 Å². The number of piperazine rings is 1. The Hall–Kier alpha value is -1.98. The summed E-state index contributed by atoms with van der Waals surface area (Å²) in [5.41, 5.74) is -1.54. The molecule has 2 rings (SSSR count). The molecule has 2 heterocycles. The van der Waals surface area contributed by atoms with Gasteiger partial charge < -0.3 is 14.8 Å². The van der Waals surface area contributed by atoms with E-state index in [1.165, 1.54) is 21.1 Å². The first kappa shape index (κ1) is 18.4. The number of hydrogen-bond acceptors (Lipinski definition) is 6. The van der Waals surface area contributed by atoms with Crippen molar-refractivity contribution in [2.45, 2.75) is 4.90 Å². The van der Waals surface area contributed by atoms with Crippen LogP contribution in [0.2, 0.25) is 0 Å². The van der Waals surface area contributed by atoms with E-state index >= 15 is 0 Å². The Kier molecular flexibility index (Phi) is 5.26. The van der Waals surface area contributed by atoms with E-state index in [1.807, 2.05) is 0 Å². The molecule has 1 amide bonds. The van der Waals surface area contributed by atoms with Gasteiger partial charge in [0, 0.05) is 53.5 Å². The summed E-state index contributed by atoms with van der Waals surface area (Å²) in [6.45, 7) is 1.96. The highest BCUT2D eigenvalue weighted by Crippen LogP contribution is 2.09. The van der Waals surface area contributed by atoms with Gasteiger partial charge in [-0.05, 0) is 0 Å². The number of sulfonamides is 1. The number of rotatable bonds is 4. The molecule has 0 spiro atoms. The fraction of sp³-hybridized carbons (Fsp3) is 0.615. The third-order valence-corrected chi connectivity index (χ3v) is 5.72. The molecule has 1 fully saturated rings. The molecule has 0 aromatic carbocycles. The summed E-state index contributed by atoms with van der Waals surface area (Å²) in [6.07, 6.45) is 0.978. The molecule has 1 aromatic rings. The normalized spacial score (nSPS) is 15.8. The van der Waals surface area contributed by atoms with E-state index in [0.29, 0.717) is 26.2 Å². The maximum atomic E-state index is 12.6. The Morgan fingerprint density at radius 2 is 1.83 bits per heavy atom. The minimum atomic E-state index is -4.19. The van der Waals surface area contributed by atoms with Crippen molar-refractivity contribution in [3.63, 3.8) is 0 Å². The third kappa shape index (κ3) is 3.42. The minimum absolute atomic E-state index is 0.329. The molecule has 0 unspecified atom stereocenters. The third-order valence-electron chi connectivity index (χ3n) is 3.93. The molecular weight excluding hydrogens is 338 g/mol. The number of aryl methyl sites for hydroxylation is 1. The zero-order chi connectivity index (χ0) is 18.1. The monoisotopic (exact) mass is 359 g/mol. The predicted octanol–water partition coefficient (Wildman–Crippen LogP) is -2.86.